The first-order valence-corrected chi connectivity index (χ1v) is 9.15. The normalized spacial score (nSPS) is 23.1. The molecule has 1 aliphatic heterocycles. The molecule has 25 heavy (non-hydrogen) atoms. The molecule has 1 aromatic carbocycles. The number of nitrogens with one attached hydrogen (secondary N) is 2. The molecule has 0 bridgehead atoms. The Morgan fingerprint density at radius 3 is 2.84 bits per heavy atom. The van der Waals surface area contributed by atoms with E-state index in [9.17, 15) is 9.59 Å². The van der Waals surface area contributed by atoms with Crippen LogP contribution in [0.1, 0.15) is 49.9 Å². The van der Waals surface area contributed by atoms with Crippen molar-refractivity contribution in [2.75, 3.05) is 18.5 Å². The van der Waals surface area contributed by atoms with Gasteiger partial charge in [-0.05, 0) is 44.9 Å². The molecule has 1 aromatic rings. The van der Waals surface area contributed by atoms with Crippen molar-refractivity contribution in [2.45, 2.75) is 57.7 Å². The lowest BCUT2D eigenvalue weighted by atomic mass is 9.89. The molecule has 0 radical (unpaired) electrons. The van der Waals surface area contributed by atoms with E-state index in [1.807, 2.05) is 18.7 Å². The molecule has 2 N–H and O–H groups in total. The Hall–Kier alpha value is -2.08. The van der Waals surface area contributed by atoms with Gasteiger partial charge in [0.05, 0.1) is 18.8 Å². The van der Waals surface area contributed by atoms with Crippen LogP contribution in [0.2, 0.25) is 0 Å². The summed E-state index contributed by atoms with van der Waals surface area (Å²) >= 11 is 0. The fourth-order valence-corrected chi connectivity index (χ4v) is 3.67. The zero-order valence-corrected chi connectivity index (χ0v) is 15.0. The van der Waals surface area contributed by atoms with E-state index in [1.54, 1.807) is 24.3 Å². The number of fused-ring (bicyclic) bond motifs is 1. The first-order valence-electron chi connectivity index (χ1n) is 9.15. The van der Waals surface area contributed by atoms with E-state index in [-0.39, 0.29) is 30.1 Å². The van der Waals surface area contributed by atoms with Gasteiger partial charge in [0.25, 0.3) is 5.91 Å². The third kappa shape index (κ3) is 4.31. The third-order valence-electron chi connectivity index (χ3n) is 4.78. The maximum atomic E-state index is 13.0. The molecular weight excluding hydrogens is 318 g/mol. The minimum atomic E-state index is -0.265. The highest BCUT2D eigenvalue weighted by atomic mass is 16.5. The van der Waals surface area contributed by atoms with Gasteiger partial charge in [0.1, 0.15) is 0 Å². The van der Waals surface area contributed by atoms with Crippen molar-refractivity contribution in [1.29, 1.82) is 0 Å². The SMILES string of the molecule is CC(C)NC(=O)Nc1cccc(C(=O)N2CCO[C@@H]3CCCC[C@@H]32)c1. The van der Waals surface area contributed by atoms with Crippen molar-refractivity contribution in [3.8, 4) is 0 Å². The van der Waals surface area contributed by atoms with Crippen LogP contribution in [0.3, 0.4) is 0 Å². The number of benzene rings is 1. The molecule has 0 unspecified atom stereocenters. The molecule has 0 aromatic heterocycles. The number of ether oxygens (including phenoxy) is 1. The molecule has 1 saturated carbocycles. The molecule has 6 nitrogen and oxygen atoms in total. The summed E-state index contributed by atoms with van der Waals surface area (Å²) in [4.78, 5) is 26.8. The van der Waals surface area contributed by atoms with Gasteiger partial charge in [-0.15, -0.1) is 0 Å². The fraction of sp³-hybridized carbons (Fsp3) is 0.579. The van der Waals surface area contributed by atoms with E-state index < -0.39 is 0 Å². The Balaban J connectivity index is 1.71. The molecular formula is C19H27N3O3. The predicted octanol–water partition coefficient (Wildman–Crippen LogP) is 3.00. The Morgan fingerprint density at radius 1 is 1.24 bits per heavy atom. The maximum Gasteiger partial charge on any atom is 0.319 e. The zero-order chi connectivity index (χ0) is 17.8. The van der Waals surface area contributed by atoms with Gasteiger partial charge < -0.3 is 20.3 Å². The van der Waals surface area contributed by atoms with Gasteiger partial charge >= 0.3 is 6.03 Å². The van der Waals surface area contributed by atoms with E-state index in [0.717, 1.165) is 19.3 Å². The Labute approximate surface area is 148 Å². The average molecular weight is 345 g/mol. The summed E-state index contributed by atoms with van der Waals surface area (Å²) in [5.74, 6) is 0.0214. The van der Waals surface area contributed by atoms with Crippen molar-refractivity contribution in [1.82, 2.24) is 10.2 Å². The van der Waals surface area contributed by atoms with E-state index in [2.05, 4.69) is 10.6 Å². The van der Waals surface area contributed by atoms with Crippen LogP contribution >= 0.6 is 0 Å². The molecule has 2 aliphatic rings. The lowest BCUT2D eigenvalue weighted by molar-refractivity contribution is -0.0752. The summed E-state index contributed by atoms with van der Waals surface area (Å²) in [6.07, 6.45) is 4.53. The summed E-state index contributed by atoms with van der Waals surface area (Å²) in [7, 11) is 0. The van der Waals surface area contributed by atoms with Crippen LogP contribution in [0.15, 0.2) is 24.3 Å². The number of urea groups is 1. The second kappa shape index (κ2) is 7.87. The van der Waals surface area contributed by atoms with Gasteiger partial charge in [-0.3, -0.25) is 4.79 Å². The average Bonchev–Trinajstić information content (AvgIpc) is 2.60. The molecule has 136 valence electrons. The minimum absolute atomic E-state index is 0.0214. The Morgan fingerprint density at radius 2 is 2.04 bits per heavy atom. The third-order valence-corrected chi connectivity index (χ3v) is 4.78. The zero-order valence-electron chi connectivity index (χ0n) is 15.0. The predicted molar refractivity (Wildman–Crippen MR) is 96.8 cm³/mol. The van der Waals surface area contributed by atoms with Crippen molar-refractivity contribution < 1.29 is 14.3 Å². The Bertz CT molecular complexity index is 630. The number of nitrogens with zero attached hydrogens (tertiary/aromatic N) is 1. The van der Waals surface area contributed by atoms with Crippen LogP contribution in [0.25, 0.3) is 0 Å². The summed E-state index contributed by atoms with van der Waals surface area (Å²) in [5.41, 5.74) is 1.23. The summed E-state index contributed by atoms with van der Waals surface area (Å²) in [6.45, 7) is 5.03. The largest absolute Gasteiger partial charge is 0.374 e. The topological polar surface area (TPSA) is 70.7 Å². The second-order valence-electron chi connectivity index (χ2n) is 7.09. The lowest BCUT2D eigenvalue weighted by Crippen LogP contribution is -2.54. The number of carbonyl (C=O) groups excluding carboxylic acids is 2. The van der Waals surface area contributed by atoms with Crippen LogP contribution < -0.4 is 10.6 Å². The molecule has 1 saturated heterocycles. The standard InChI is InChI=1S/C19H27N3O3/c1-13(2)20-19(24)21-15-7-5-6-14(12-15)18(23)22-10-11-25-17-9-4-3-8-16(17)22/h5-7,12-13,16-17H,3-4,8-11H2,1-2H3,(H2,20,21,24)/t16-,17+/m0/s1. The van der Waals surface area contributed by atoms with Gasteiger partial charge in [0, 0.05) is 23.8 Å². The number of rotatable bonds is 3. The quantitative estimate of drug-likeness (QED) is 0.885. The van der Waals surface area contributed by atoms with Crippen LogP contribution in [0.4, 0.5) is 10.5 Å². The molecule has 6 heteroatoms. The summed E-state index contributed by atoms with van der Waals surface area (Å²) in [6, 6.07) is 7.11. The highest BCUT2D eigenvalue weighted by Gasteiger charge is 2.36. The van der Waals surface area contributed by atoms with Crippen LogP contribution in [-0.2, 0) is 4.74 Å². The first-order chi connectivity index (χ1) is 12.0. The van der Waals surface area contributed by atoms with Crippen LogP contribution in [0, 0.1) is 0 Å². The van der Waals surface area contributed by atoms with Gasteiger partial charge in [-0.2, -0.15) is 0 Å². The van der Waals surface area contributed by atoms with E-state index >= 15 is 0 Å². The van der Waals surface area contributed by atoms with Crippen molar-refractivity contribution in [2.24, 2.45) is 0 Å². The molecule has 2 atom stereocenters. The number of carbonyl (C=O) groups is 2. The number of hydrogen-bond acceptors (Lipinski definition) is 3. The Kier molecular flexibility index (Phi) is 5.58. The van der Waals surface area contributed by atoms with Gasteiger partial charge in [0.2, 0.25) is 0 Å². The van der Waals surface area contributed by atoms with E-state index in [4.69, 9.17) is 4.74 Å². The van der Waals surface area contributed by atoms with Crippen LogP contribution in [0.5, 0.6) is 0 Å². The highest BCUT2D eigenvalue weighted by Crippen LogP contribution is 2.29. The molecule has 1 aliphatic carbocycles. The van der Waals surface area contributed by atoms with Gasteiger partial charge in [0.15, 0.2) is 0 Å². The monoisotopic (exact) mass is 345 g/mol. The molecule has 2 fully saturated rings. The summed E-state index contributed by atoms with van der Waals surface area (Å²) < 4.78 is 5.85. The molecule has 1 heterocycles. The van der Waals surface area contributed by atoms with Crippen molar-refractivity contribution in [3.63, 3.8) is 0 Å². The number of morpholine rings is 1. The van der Waals surface area contributed by atoms with Crippen LogP contribution in [-0.4, -0.2) is 48.2 Å². The van der Waals surface area contributed by atoms with Crippen molar-refractivity contribution >= 4 is 17.6 Å². The van der Waals surface area contributed by atoms with Gasteiger partial charge in [-0.1, -0.05) is 18.9 Å². The van der Waals surface area contributed by atoms with E-state index in [1.165, 1.54) is 6.42 Å². The first kappa shape index (κ1) is 17.7. The van der Waals surface area contributed by atoms with Gasteiger partial charge in [-0.25, -0.2) is 4.79 Å². The highest BCUT2D eigenvalue weighted by molar-refractivity contribution is 5.97. The minimum Gasteiger partial charge on any atom is -0.374 e. The fourth-order valence-electron chi connectivity index (χ4n) is 3.67. The smallest absolute Gasteiger partial charge is 0.319 e. The number of anilines is 1. The molecule has 3 amide bonds. The lowest BCUT2D eigenvalue weighted by Gasteiger charge is -2.43. The molecule has 0 spiro atoms. The summed E-state index contributed by atoms with van der Waals surface area (Å²) in [5, 5.41) is 5.56. The molecule has 3 rings (SSSR count). The maximum absolute atomic E-state index is 13.0. The van der Waals surface area contributed by atoms with Crippen molar-refractivity contribution in [3.05, 3.63) is 29.8 Å². The van der Waals surface area contributed by atoms with E-state index in [0.29, 0.717) is 24.4 Å². The second-order valence-corrected chi connectivity index (χ2v) is 7.09. The number of amides is 3. The number of hydrogen-bond donors (Lipinski definition) is 2.